The van der Waals surface area contributed by atoms with Gasteiger partial charge in [-0.2, -0.15) is 0 Å². The van der Waals surface area contributed by atoms with Crippen LogP contribution in [0.5, 0.6) is 0 Å². The highest BCUT2D eigenvalue weighted by Gasteiger charge is 2.41. The molecule has 0 aromatic rings. The summed E-state index contributed by atoms with van der Waals surface area (Å²) in [6.45, 7) is 13.7. The van der Waals surface area contributed by atoms with E-state index in [1.54, 1.807) is 11.8 Å². The highest BCUT2D eigenvalue weighted by Crippen LogP contribution is 2.42. The van der Waals surface area contributed by atoms with Crippen molar-refractivity contribution in [2.45, 2.75) is 97.2 Å². The van der Waals surface area contributed by atoms with Crippen LogP contribution in [0, 0.1) is 0 Å². The monoisotopic (exact) mass is 414 g/mol. The van der Waals surface area contributed by atoms with Crippen LogP contribution < -0.4 is 0 Å². The fourth-order valence-electron chi connectivity index (χ4n) is 2.45. The number of hydrogen-bond donors (Lipinski definition) is 0. The molecule has 0 aromatic heterocycles. The fourth-order valence-corrected chi connectivity index (χ4v) is 4.77. The molecule has 6 heteroatoms. The number of thioether (sulfide) groups is 1. The van der Waals surface area contributed by atoms with E-state index in [4.69, 9.17) is 9.16 Å². The molecule has 0 spiro atoms. The molecule has 0 unspecified atom stereocenters. The van der Waals surface area contributed by atoms with Crippen LogP contribution in [0.2, 0.25) is 18.1 Å². The molecule has 0 radical (unpaired) electrons. The minimum absolute atomic E-state index is 0.0881. The van der Waals surface area contributed by atoms with Crippen LogP contribution >= 0.6 is 11.8 Å². The van der Waals surface area contributed by atoms with Gasteiger partial charge in [-0.3, -0.25) is 9.59 Å². The number of ether oxygens (including phenoxy) is 1. The quantitative estimate of drug-likeness (QED) is 0.215. The van der Waals surface area contributed by atoms with E-state index in [-0.39, 0.29) is 16.8 Å². The van der Waals surface area contributed by atoms with Crippen LogP contribution in [0.4, 0.5) is 0 Å². The van der Waals surface area contributed by atoms with Gasteiger partial charge in [0.25, 0.3) is 0 Å². The highest BCUT2D eigenvalue weighted by atomic mass is 32.2. The third kappa shape index (κ3) is 8.42. The Bertz CT molecular complexity index is 535. The predicted octanol–water partition coefficient (Wildman–Crippen LogP) is 6.22. The zero-order chi connectivity index (χ0) is 20.5. The highest BCUT2D eigenvalue weighted by molar-refractivity contribution is 8.04. The molecule has 1 rings (SSSR count). The van der Waals surface area contributed by atoms with Crippen molar-refractivity contribution in [1.29, 1.82) is 0 Å². The molecule has 0 aromatic carbocycles. The summed E-state index contributed by atoms with van der Waals surface area (Å²) in [6.07, 6.45) is 6.63. The average molecular weight is 415 g/mol. The van der Waals surface area contributed by atoms with Crippen LogP contribution in [0.15, 0.2) is 10.7 Å². The van der Waals surface area contributed by atoms with Gasteiger partial charge >= 0.3 is 5.97 Å². The third-order valence-corrected chi connectivity index (χ3v) is 10.9. The maximum Gasteiger partial charge on any atom is 0.305 e. The van der Waals surface area contributed by atoms with Crippen LogP contribution in [0.25, 0.3) is 0 Å². The SMILES string of the molecule is CCCCOC(=O)CCCCCSC1=C(O[Si](C)(C)C(C)(C)C)CCC1=O. The molecular weight excluding hydrogens is 376 g/mol. The van der Waals surface area contributed by atoms with Gasteiger partial charge in [0, 0.05) is 19.3 Å². The number of hydrogen-bond acceptors (Lipinski definition) is 5. The van der Waals surface area contributed by atoms with Gasteiger partial charge in [-0.1, -0.05) is 40.5 Å². The topological polar surface area (TPSA) is 52.6 Å². The average Bonchev–Trinajstić information content (AvgIpc) is 2.89. The summed E-state index contributed by atoms with van der Waals surface area (Å²) in [5.41, 5.74) is 0. The molecule has 0 saturated heterocycles. The van der Waals surface area contributed by atoms with Gasteiger partial charge in [0.2, 0.25) is 8.32 Å². The molecule has 27 heavy (non-hydrogen) atoms. The Morgan fingerprint density at radius 3 is 2.44 bits per heavy atom. The van der Waals surface area contributed by atoms with E-state index in [9.17, 15) is 9.59 Å². The van der Waals surface area contributed by atoms with E-state index in [1.165, 1.54) is 0 Å². The Labute approximate surface area is 171 Å². The summed E-state index contributed by atoms with van der Waals surface area (Å²) in [5, 5.41) is 0.132. The van der Waals surface area contributed by atoms with Gasteiger partial charge < -0.3 is 9.16 Å². The maximum absolute atomic E-state index is 12.3. The number of carbonyl (C=O) groups excluding carboxylic acids is 2. The summed E-state index contributed by atoms with van der Waals surface area (Å²) in [6, 6.07) is 0. The van der Waals surface area contributed by atoms with E-state index < -0.39 is 8.32 Å². The molecule has 156 valence electrons. The maximum atomic E-state index is 12.3. The Morgan fingerprint density at radius 1 is 1.11 bits per heavy atom. The summed E-state index contributed by atoms with van der Waals surface area (Å²) in [7, 11) is -1.90. The minimum atomic E-state index is -1.90. The second-order valence-electron chi connectivity index (χ2n) is 8.77. The molecule has 0 aliphatic heterocycles. The fraction of sp³-hybridized carbons (Fsp3) is 0.810. The van der Waals surface area contributed by atoms with Crippen LogP contribution in [0.1, 0.15) is 79.1 Å². The Morgan fingerprint density at radius 2 is 1.81 bits per heavy atom. The number of unbranched alkanes of at least 4 members (excludes halogenated alkanes) is 3. The second-order valence-corrected chi connectivity index (χ2v) is 14.6. The summed E-state index contributed by atoms with van der Waals surface area (Å²) < 4.78 is 11.6. The predicted molar refractivity (Wildman–Crippen MR) is 116 cm³/mol. The molecule has 0 atom stereocenters. The molecule has 0 fully saturated rings. The summed E-state index contributed by atoms with van der Waals surface area (Å²) in [5.74, 6) is 1.97. The van der Waals surface area contributed by atoms with Gasteiger partial charge in [-0.15, -0.1) is 11.8 Å². The van der Waals surface area contributed by atoms with E-state index in [0.717, 1.165) is 54.9 Å². The minimum Gasteiger partial charge on any atom is -0.545 e. The van der Waals surface area contributed by atoms with Gasteiger partial charge in [0.05, 0.1) is 17.3 Å². The number of rotatable bonds is 12. The van der Waals surface area contributed by atoms with Crippen LogP contribution in [-0.4, -0.2) is 32.4 Å². The third-order valence-electron chi connectivity index (χ3n) is 5.30. The van der Waals surface area contributed by atoms with Crippen molar-refractivity contribution in [1.82, 2.24) is 0 Å². The molecule has 0 saturated carbocycles. The number of Topliss-reactive ketones (excluding diaryl/α,β-unsaturated/α-hetero) is 1. The Balaban J connectivity index is 2.37. The Kier molecular flexibility index (Phi) is 10.2. The first-order chi connectivity index (χ1) is 12.6. The van der Waals surface area contributed by atoms with Crippen molar-refractivity contribution in [2.75, 3.05) is 12.4 Å². The smallest absolute Gasteiger partial charge is 0.305 e. The largest absolute Gasteiger partial charge is 0.545 e. The lowest BCUT2D eigenvalue weighted by Gasteiger charge is -2.37. The standard InChI is InChI=1S/C21H38O4SSi/c1-7-8-15-24-19(23)12-10-9-11-16-26-20-17(22)13-14-18(20)25-27(5,6)21(2,3)4/h7-16H2,1-6H3. The number of ketones is 1. The molecular formula is C21H38O4SSi. The first kappa shape index (κ1) is 24.3. The van der Waals surface area contributed by atoms with Gasteiger partial charge in [0.1, 0.15) is 0 Å². The van der Waals surface area contributed by atoms with Gasteiger partial charge in [-0.05, 0) is 43.1 Å². The van der Waals surface area contributed by atoms with Gasteiger partial charge in [-0.25, -0.2) is 0 Å². The number of allylic oxidation sites excluding steroid dienone is 2. The molecule has 0 bridgehead atoms. The zero-order valence-corrected chi connectivity index (χ0v) is 19.9. The van der Waals surface area contributed by atoms with Crippen molar-refractivity contribution < 1.29 is 18.8 Å². The second kappa shape index (κ2) is 11.3. The van der Waals surface area contributed by atoms with E-state index in [1.807, 2.05) is 0 Å². The molecule has 1 aliphatic carbocycles. The van der Waals surface area contributed by atoms with E-state index >= 15 is 0 Å². The zero-order valence-electron chi connectivity index (χ0n) is 18.1. The van der Waals surface area contributed by atoms with Crippen molar-refractivity contribution in [3.8, 4) is 0 Å². The lowest BCUT2D eigenvalue weighted by atomic mass is 10.2. The van der Waals surface area contributed by atoms with E-state index in [0.29, 0.717) is 19.4 Å². The summed E-state index contributed by atoms with van der Waals surface area (Å²) in [4.78, 5) is 24.7. The lowest BCUT2D eigenvalue weighted by Crippen LogP contribution is -2.40. The van der Waals surface area contributed by atoms with Crippen LogP contribution in [-0.2, 0) is 18.8 Å². The number of carbonyl (C=O) groups is 2. The first-order valence-electron chi connectivity index (χ1n) is 10.3. The van der Waals surface area contributed by atoms with Crippen molar-refractivity contribution in [3.63, 3.8) is 0 Å². The molecule has 0 N–H and O–H groups in total. The Hall–Kier alpha value is -0.753. The molecule has 0 heterocycles. The van der Waals surface area contributed by atoms with Crippen molar-refractivity contribution in [3.05, 3.63) is 10.7 Å². The normalized spacial score (nSPS) is 15.4. The number of esters is 1. The van der Waals surface area contributed by atoms with Gasteiger partial charge in [0.15, 0.2) is 5.78 Å². The van der Waals surface area contributed by atoms with Crippen molar-refractivity contribution in [2.24, 2.45) is 0 Å². The molecule has 4 nitrogen and oxygen atoms in total. The lowest BCUT2D eigenvalue weighted by molar-refractivity contribution is -0.143. The summed E-state index contributed by atoms with van der Waals surface area (Å²) >= 11 is 1.64. The first-order valence-corrected chi connectivity index (χ1v) is 14.2. The van der Waals surface area contributed by atoms with Crippen LogP contribution in [0.3, 0.4) is 0 Å². The molecule has 1 aliphatic rings. The van der Waals surface area contributed by atoms with Crippen molar-refractivity contribution >= 4 is 31.8 Å². The van der Waals surface area contributed by atoms with E-state index in [2.05, 4.69) is 40.8 Å². The molecule has 0 amide bonds.